The largest absolute Gasteiger partial charge is 0.380 e. The molecule has 2 aliphatic rings. The minimum atomic E-state index is 0.452. The van der Waals surface area contributed by atoms with Gasteiger partial charge in [-0.25, -0.2) is 0 Å². The first-order chi connectivity index (χ1) is 9.22. The van der Waals surface area contributed by atoms with Crippen molar-refractivity contribution in [3.63, 3.8) is 0 Å². The van der Waals surface area contributed by atoms with E-state index in [4.69, 9.17) is 4.74 Å². The molecule has 0 radical (unpaired) electrons. The summed E-state index contributed by atoms with van der Waals surface area (Å²) in [4.78, 5) is 2.73. The SMILES string of the molecule is COC1CCCCC1N(CC1CCCNC1)C(C)C. The molecule has 1 heterocycles. The first-order valence-corrected chi connectivity index (χ1v) is 8.21. The Labute approximate surface area is 119 Å². The Bertz CT molecular complexity index is 251. The zero-order valence-corrected chi connectivity index (χ0v) is 13.0. The fourth-order valence-electron chi connectivity index (χ4n) is 3.84. The van der Waals surface area contributed by atoms with Gasteiger partial charge >= 0.3 is 0 Å². The lowest BCUT2D eigenvalue weighted by atomic mass is 9.89. The highest BCUT2D eigenvalue weighted by molar-refractivity contribution is 4.87. The van der Waals surface area contributed by atoms with Gasteiger partial charge in [-0.05, 0) is 58.5 Å². The Hall–Kier alpha value is -0.120. The van der Waals surface area contributed by atoms with Crippen molar-refractivity contribution < 1.29 is 4.74 Å². The lowest BCUT2D eigenvalue weighted by Gasteiger charge is -2.43. The van der Waals surface area contributed by atoms with E-state index in [1.165, 1.54) is 58.2 Å². The third kappa shape index (κ3) is 4.17. The fraction of sp³-hybridized carbons (Fsp3) is 1.00. The van der Waals surface area contributed by atoms with Gasteiger partial charge in [-0.15, -0.1) is 0 Å². The van der Waals surface area contributed by atoms with E-state index in [1.54, 1.807) is 0 Å². The van der Waals surface area contributed by atoms with Crippen LogP contribution in [0.1, 0.15) is 52.4 Å². The second-order valence-corrected chi connectivity index (χ2v) is 6.63. The lowest BCUT2D eigenvalue weighted by molar-refractivity contribution is -0.0289. The highest BCUT2D eigenvalue weighted by Gasteiger charge is 2.32. The molecule has 0 spiro atoms. The van der Waals surface area contributed by atoms with Crippen molar-refractivity contribution >= 4 is 0 Å². The molecule has 2 fully saturated rings. The van der Waals surface area contributed by atoms with Crippen molar-refractivity contribution in [1.29, 1.82) is 0 Å². The van der Waals surface area contributed by atoms with E-state index in [0.29, 0.717) is 18.2 Å². The van der Waals surface area contributed by atoms with Crippen LogP contribution in [0, 0.1) is 5.92 Å². The predicted molar refractivity (Wildman–Crippen MR) is 80.5 cm³/mol. The average molecular weight is 268 g/mol. The number of ether oxygens (including phenoxy) is 1. The van der Waals surface area contributed by atoms with E-state index in [9.17, 15) is 0 Å². The first kappa shape index (κ1) is 15.3. The van der Waals surface area contributed by atoms with Crippen LogP contribution in [0.5, 0.6) is 0 Å². The first-order valence-electron chi connectivity index (χ1n) is 8.21. The van der Waals surface area contributed by atoms with E-state index < -0.39 is 0 Å². The summed E-state index contributed by atoms with van der Waals surface area (Å²) in [5, 5.41) is 3.55. The van der Waals surface area contributed by atoms with Crippen LogP contribution in [0.3, 0.4) is 0 Å². The Balaban J connectivity index is 1.96. The number of piperidine rings is 1. The monoisotopic (exact) mass is 268 g/mol. The summed E-state index contributed by atoms with van der Waals surface area (Å²) in [5.41, 5.74) is 0. The van der Waals surface area contributed by atoms with E-state index in [0.717, 1.165) is 5.92 Å². The van der Waals surface area contributed by atoms with Crippen molar-refractivity contribution in [2.24, 2.45) is 5.92 Å². The Morgan fingerprint density at radius 3 is 2.58 bits per heavy atom. The van der Waals surface area contributed by atoms with Gasteiger partial charge in [0.15, 0.2) is 0 Å². The molecule has 112 valence electrons. The number of methoxy groups -OCH3 is 1. The van der Waals surface area contributed by atoms with E-state index >= 15 is 0 Å². The number of rotatable bonds is 5. The quantitative estimate of drug-likeness (QED) is 0.829. The lowest BCUT2D eigenvalue weighted by Crippen LogP contribution is -2.52. The van der Waals surface area contributed by atoms with E-state index in [2.05, 4.69) is 24.1 Å². The number of nitrogens with zero attached hydrogens (tertiary/aromatic N) is 1. The molecule has 1 aliphatic carbocycles. The van der Waals surface area contributed by atoms with Crippen LogP contribution >= 0.6 is 0 Å². The van der Waals surface area contributed by atoms with Gasteiger partial charge in [0.05, 0.1) is 6.10 Å². The molecule has 0 amide bonds. The van der Waals surface area contributed by atoms with E-state index in [-0.39, 0.29) is 0 Å². The van der Waals surface area contributed by atoms with Crippen molar-refractivity contribution in [3.05, 3.63) is 0 Å². The van der Waals surface area contributed by atoms with Crippen molar-refractivity contribution in [1.82, 2.24) is 10.2 Å². The normalized spacial score (nSPS) is 33.0. The van der Waals surface area contributed by atoms with Crippen molar-refractivity contribution in [2.75, 3.05) is 26.7 Å². The van der Waals surface area contributed by atoms with Gasteiger partial charge in [0, 0.05) is 25.7 Å². The van der Waals surface area contributed by atoms with Crippen molar-refractivity contribution in [2.45, 2.75) is 70.6 Å². The van der Waals surface area contributed by atoms with Gasteiger partial charge in [0.2, 0.25) is 0 Å². The summed E-state index contributed by atoms with van der Waals surface area (Å²) < 4.78 is 5.77. The van der Waals surface area contributed by atoms with Crippen LogP contribution in [0.15, 0.2) is 0 Å². The molecule has 0 bridgehead atoms. The van der Waals surface area contributed by atoms with Gasteiger partial charge in [-0.2, -0.15) is 0 Å². The molecular formula is C16H32N2O. The summed E-state index contributed by atoms with van der Waals surface area (Å²) in [6, 6.07) is 1.27. The zero-order chi connectivity index (χ0) is 13.7. The van der Waals surface area contributed by atoms with Crippen LogP contribution in [-0.4, -0.2) is 49.8 Å². The molecule has 0 aromatic rings. The molecular weight excluding hydrogens is 236 g/mol. The maximum atomic E-state index is 5.77. The molecule has 19 heavy (non-hydrogen) atoms. The Morgan fingerprint density at radius 2 is 1.95 bits per heavy atom. The Morgan fingerprint density at radius 1 is 1.16 bits per heavy atom. The third-order valence-electron chi connectivity index (χ3n) is 4.93. The second kappa shape index (κ2) is 7.61. The van der Waals surface area contributed by atoms with Crippen molar-refractivity contribution in [3.8, 4) is 0 Å². The molecule has 3 nitrogen and oxygen atoms in total. The van der Waals surface area contributed by atoms with Gasteiger partial charge in [-0.1, -0.05) is 12.8 Å². The number of hydrogen-bond acceptors (Lipinski definition) is 3. The van der Waals surface area contributed by atoms with E-state index in [1.807, 2.05) is 7.11 Å². The molecule has 3 heteroatoms. The minimum Gasteiger partial charge on any atom is -0.380 e. The Kier molecular flexibility index (Phi) is 6.11. The van der Waals surface area contributed by atoms with Crippen LogP contribution in [0.2, 0.25) is 0 Å². The molecule has 1 saturated carbocycles. The molecule has 1 saturated heterocycles. The highest BCUT2D eigenvalue weighted by atomic mass is 16.5. The smallest absolute Gasteiger partial charge is 0.0726 e. The fourth-order valence-corrected chi connectivity index (χ4v) is 3.84. The van der Waals surface area contributed by atoms with Gasteiger partial charge in [0.1, 0.15) is 0 Å². The predicted octanol–water partition coefficient (Wildman–Crippen LogP) is 2.65. The summed E-state index contributed by atoms with van der Waals surface area (Å²) >= 11 is 0. The summed E-state index contributed by atoms with van der Waals surface area (Å²) in [7, 11) is 1.89. The van der Waals surface area contributed by atoms with Crippen LogP contribution in [0.25, 0.3) is 0 Å². The average Bonchev–Trinajstić information content (AvgIpc) is 2.45. The van der Waals surface area contributed by atoms with Gasteiger partial charge in [-0.3, -0.25) is 4.90 Å². The highest BCUT2D eigenvalue weighted by Crippen LogP contribution is 2.28. The standard InChI is InChI=1S/C16H32N2O/c1-13(2)18(12-14-7-6-10-17-11-14)15-8-4-5-9-16(15)19-3/h13-17H,4-12H2,1-3H3. The summed E-state index contributed by atoms with van der Waals surface area (Å²) in [6.45, 7) is 8.35. The maximum Gasteiger partial charge on any atom is 0.0726 e. The summed E-state index contributed by atoms with van der Waals surface area (Å²) in [5.74, 6) is 0.829. The molecule has 1 aliphatic heterocycles. The maximum absolute atomic E-state index is 5.77. The van der Waals surface area contributed by atoms with Gasteiger partial charge < -0.3 is 10.1 Å². The molecule has 3 unspecified atom stereocenters. The number of hydrogen-bond donors (Lipinski definition) is 1. The summed E-state index contributed by atoms with van der Waals surface area (Å²) in [6.07, 6.45) is 8.45. The van der Waals surface area contributed by atoms with Crippen LogP contribution < -0.4 is 5.32 Å². The van der Waals surface area contributed by atoms with Crippen LogP contribution in [0.4, 0.5) is 0 Å². The van der Waals surface area contributed by atoms with Crippen LogP contribution in [-0.2, 0) is 4.74 Å². The minimum absolute atomic E-state index is 0.452. The molecule has 0 aromatic carbocycles. The molecule has 1 N–H and O–H groups in total. The molecule has 0 aromatic heterocycles. The second-order valence-electron chi connectivity index (χ2n) is 6.63. The third-order valence-corrected chi connectivity index (χ3v) is 4.93. The zero-order valence-electron chi connectivity index (χ0n) is 13.0. The van der Waals surface area contributed by atoms with Gasteiger partial charge in [0.25, 0.3) is 0 Å². The molecule has 3 atom stereocenters. The topological polar surface area (TPSA) is 24.5 Å². The molecule has 2 rings (SSSR count). The number of nitrogens with one attached hydrogen (secondary N) is 1.